The summed E-state index contributed by atoms with van der Waals surface area (Å²) in [5, 5.41) is 1.92. The maximum Gasteiger partial charge on any atom is 0.340 e. The summed E-state index contributed by atoms with van der Waals surface area (Å²) in [6, 6.07) is 6.04. The maximum atomic E-state index is 12.1. The van der Waals surface area contributed by atoms with Crippen LogP contribution in [0.5, 0.6) is 0 Å². The van der Waals surface area contributed by atoms with Gasteiger partial charge in [-0.3, -0.25) is 4.98 Å². The third-order valence-corrected chi connectivity index (χ3v) is 3.28. The predicted molar refractivity (Wildman–Crippen MR) is 76.4 cm³/mol. The number of unbranched alkanes of at least 4 members (excludes halogenated alkanes) is 1. The smallest absolute Gasteiger partial charge is 0.340 e. The van der Waals surface area contributed by atoms with Crippen molar-refractivity contribution in [3.8, 4) is 0 Å². The number of ether oxygens (including phenoxy) is 1. The lowest BCUT2D eigenvalue weighted by Gasteiger charge is -2.10. The lowest BCUT2D eigenvalue weighted by molar-refractivity contribution is 0.0601. The minimum Gasteiger partial charge on any atom is -0.465 e. The molecule has 0 unspecified atom stereocenters. The van der Waals surface area contributed by atoms with Crippen LogP contribution < -0.4 is 0 Å². The number of methoxy groups -OCH3 is 1. The number of nitrogens with zero attached hydrogens (tertiary/aromatic N) is 1. The summed E-state index contributed by atoms with van der Waals surface area (Å²) >= 11 is 0. The molecule has 0 spiro atoms. The van der Waals surface area contributed by atoms with E-state index in [1.165, 1.54) is 7.11 Å². The van der Waals surface area contributed by atoms with E-state index in [0.717, 1.165) is 41.3 Å². The number of pyridine rings is 1. The largest absolute Gasteiger partial charge is 0.465 e. The first-order chi connectivity index (χ1) is 9.17. The molecule has 2 rings (SSSR count). The lowest BCUT2D eigenvalue weighted by atomic mass is 10.00. The van der Waals surface area contributed by atoms with Crippen LogP contribution in [0, 0.1) is 6.92 Å². The van der Waals surface area contributed by atoms with Crippen molar-refractivity contribution >= 4 is 16.7 Å². The van der Waals surface area contributed by atoms with Gasteiger partial charge in [0.15, 0.2) is 0 Å². The minimum absolute atomic E-state index is 0.296. The molecule has 0 N–H and O–H groups in total. The van der Waals surface area contributed by atoms with E-state index in [1.807, 2.05) is 31.3 Å². The Morgan fingerprint density at radius 1 is 1.37 bits per heavy atom. The minimum atomic E-state index is -0.296. The number of esters is 1. The fourth-order valence-corrected chi connectivity index (χ4v) is 2.23. The summed E-state index contributed by atoms with van der Waals surface area (Å²) in [5.74, 6) is -0.296. The van der Waals surface area contributed by atoms with E-state index in [1.54, 1.807) is 0 Å². The van der Waals surface area contributed by atoms with E-state index < -0.39 is 0 Å². The van der Waals surface area contributed by atoms with Gasteiger partial charge in [0, 0.05) is 11.6 Å². The number of carbonyl (C=O) groups excluding carboxylic acids is 1. The molecular weight excluding hydrogens is 238 g/mol. The van der Waals surface area contributed by atoms with Crippen molar-refractivity contribution in [2.45, 2.75) is 33.1 Å². The van der Waals surface area contributed by atoms with Gasteiger partial charge in [-0.1, -0.05) is 37.1 Å². The van der Waals surface area contributed by atoms with Gasteiger partial charge in [-0.2, -0.15) is 0 Å². The second-order valence-corrected chi connectivity index (χ2v) is 4.77. The average Bonchev–Trinajstić information content (AvgIpc) is 2.43. The van der Waals surface area contributed by atoms with Crippen LogP contribution in [0.1, 0.15) is 41.4 Å². The van der Waals surface area contributed by atoms with Gasteiger partial charge >= 0.3 is 5.97 Å². The van der Waals surface area contributed by atoms with Crippen LogP contribution in [0.3, 0.4) is 0 Å². The number of fused-ring (bicyclic) bond motifs is 1. The van der Waals surface area contributed by atoms with Crippen LogP contribution in [0.25, 0.3) is 10.8 Å². The van der Waals surface area contributed by atoms with Crippen molar-refractivity contribution < 1.29 is 9.53 Å². The Labute approximate surface area is 113 Å². The Morgan fingerprint density at radius 2 is 2.16 bits per heavy atom. The van der Waals surface area contributed by atoms with E-state index >= 15 is 0 Å². The molecule has 0 saturated carbocycles. The van der Waals surface area contributed by atoms with Crippen LogP contribution in [-0.4, -0.2) is 18.1 Å². The number of aryl methyl sites for hydroxylation is 2. The maximum absolute atomic E-state index is 12.1. The molecule has 0 aliphatic rings. The van der Waals surface area contributed by atoms with E-state index in [9.17, 15) is 4.79 Å². The molecule has 0 aliphatic carbocycles. The fourth-order valence-electron chi connectivity index (χ4n) is 2.23. The summed E-state index contributed by atoms with van der Waals surface area (Å²) in [4.78, 5) is 16.5. The van der Waals surface area contributed by atoms with Crippen molar-refractivity contribution in [1.29, 1.82) is 0 Å². The molecule has 19 heavy (non-hydrogen) atoms. The Kier molecular flexibility index (Phi) is 4.15. The Morgan fingerprint density at radius 3 is 2.84 bits per heavy atom. The van der Waals surface area contributed by atoms with Crippen molar-refractivity contribution in [2.24, 2.45) is 0 Å². The SMILES string of the molecule is CCCCc1ncc2ccc(C)cc2c1C(=O)OC. The van der Waals surface area contributed by atoms with Crippen molar-refractivity contribution in [3.63, 3.8) is 0 Å². The molecule has 0 amide bonds. The quantitative estimate of drug-likeness (QED) is 0.784. The van der Waals surface area contributed by atoms with Gasteiger partial charge in [0.05, 0.1) is 18.4 Å². The Hall–Kier alpha value is -1.90. The summed E-state index contributed by atoms with van der Waals surface area (Å²) in [6.07, 6.45) is 4.75. The van der Waals surface area contributed by atoms with Crippen LogP contribution >= 0.6 is 0 Å². The van der Waals surface area contributed by atoms with Gasteiger partial charge in [-0.05, 0) is 25.2 Å². The fraction of sp³-hybridized carbons (Fsp3) is 0.375. The van der Waals surface area contributed by atoms with E-state index in [4.69, 9.17) is 4.74 Å². The van der Waals surface area contributed by atoms with Gasteiger partial charge in [-0.25, -0.2) is 4.79 Å². The summed E-state index contributed by atoms with van der Waals surface area (Å²) < 4.78 is 4.93. The third kappa shape index (κ3) is 2.75. The molecule has 0 aliphatic heterocycles. The second kappa shape index (κ2) is 5.83. The average molecular weight is 257 g/mol. The van der Waals surface area contributed by atoms with Gasteiger partial charge in [0.1, 0.15) is 0 Å². The van der Waals surface area contributed by atoms with Crippen LogP contribution in [0.15, 0.2) is 24.4 Å². The number of hydrogen-bond donors (Lipinski definition) is 0. The topological polar surface area (TPSA) is 39.2 Å². The monoisotopic (exact) mass is 257 g/mol. The number of benzene rings is 1. The second-order valence-electron chi connectivity index (χ2n) is 4.77. The number of carbonyl (C=O) groups is 1. The molecule has 1 aromatic heterocycles. The first kappa shape index (κ1) is 13.5. The summed E-state index contributed by atoms with van der Waals surface area (Å²) in [6.45, 7) is 4.15. The first-order valence-corrected chi connectivity index (χ1v) is 6.64. The molecule has 100 valence electrons. The molecule has 3 heteroatoms. The van der Waals surface area contributed by atoms with E-state index in [0.29, 0.717) is 5.56 Å². The van der Waals surface area contributed by atoms with Crippen molar-refractivity contribution in [3.05, 3.63) is 41.2 Å². The molecule has 0 atom stereocenters. The standard InChI is InChI=1S/C16H19NO2/c1-4-5-6-14-15(16(18)19-3)13-9-11(2)7-8-12(13)10-17-14/h7-10H,4-6H2,1-3H3. The van der Waals surface area contributed by atoms with Crippen LogP contribution in [0.2, 0.25) is 0 Å². The highest BCUT2D eigenvalue weighted by atomic mass is 16.5. The van der Waals surface area contributed by atoms with Crippen molar-refractivity contribution in [2.75, 3.05) is 7.11 Å². The molecule has 2 aromatic rings. The van der Waals surface area contributed by atoms with Crippen LogP contribution in [-0.2, 0) is 11.2 Å². The third-order valence-electron chi connectivity index (χ3n) is 3.28. The van der Waals surface area contributed by atoms with Crippen molar-refractivity contribution in [1.82, 2.24) is 4.98 Å². The highest BCUT2D eigenvalue weighted by Gasteiger charge is 2.17. The van der Waals surface area contributed by atoms with Gasteiger partial charge < -0.3 is 4.74 Å². The molecule has 0 radical (unpaired) electrons. The Bertz CT molecular complexity index is 605. The van der Waals surface area contributed by atoms with Gasteiger partial charge in [0.2, 0.25) is 0 Å². The molecular formula is C16H19NO2. The number of hydrogen-bond acceptors (Lipinski definition) is 3. The Balaban J connectivity index is 2.64. The zero-order chi connectivity index (χ0) is 13.8. The van der Waals surface area contributed by atoms with E-state index in [-0.39, 0.29) is 5.97 Å². The summed E-state index contributed by atoms with van der Waals surface area (Å²) in [5.41, 5.74) is 2.59. The first-order valence-electron chi connectivity index (χ1n) is 6.64. The highest BCUT2D eigenvalue weighted by molar-refractivity contribution is 6.05. The predicted octanol–water partition coefficient (Wildman–Crippen LogP) is 3.67. The zero-order valence-electron chi connectivity index (χ0n) is 11.7. The van der Waals surface area contributed by atoms with Crippen LogP contribution in [0.4, 0.5) is 0 Å². The number of rotatable bonds is 4. The molecule has 0 saturated heterocycles. The lowest BCUT2D eigenvalue weighted by Crippen LogP contribution is -2.09. The molecule has 1 heterocycles. The number of aromatic nitrogens is 1. The highest BCUT2D eigenvalue weighted by Crippen LogP contribution is 2.24. The molecule has 3 nitrogen and oxygen atoms in total. The normalized spacial score (nSPS) is 10.7. The summed E-state index contributed by atoms with van der Waals surface area (Å²) in [7, 11) is 1.42. The molecule has 1 aromatic carbocycles. The zero-order valence-corrected chi connectivity index (χ0v) is 11.7. The molecule has 0 bridgehead atoms. The van der Waals surface area contributed by atoms with E-state index in [2.05, 4.69) is 11.9 Å². The van der Waals surface area contributed by atoms with Gasteiger partial charge in [0.25, 0.3) is 0 Å². The molecule has 0 fully saturated rings. The van der Waals surface area contributed by atoms with Gasteiger partial charge in [-0.15, -0.1) is 0 Å².